The number of carbonyl (C=O) groups is 5. The first-order chi connectivity index (χ1) is 28.6. The average Bonchev–Trinajstić information content (AvgIpc) is 3.22. The van der Waals surface area contributed by atoms with Crippen molar-refractivity contribution in [3.8, 4) is 17.2 Å². The second-order valence-corrected chi connectivity index (χ2v) is 16.0. The maximum Gasteiger partial charge on any atom is 0.313 e. The number of phenols is 3. The molecule has 8 nitrogen and oxygen atoms in total. The van der Waals surface area contributed by atoms with E-state index in [0.29, 0.717) is 16.9 Å². The first-order valence-corrected chi connectivity index (χ1v) is 20.1. The van der Waals surface area contributed by atoms with Gasteiger partial charge in [-0.1, -0.05) is 113 Å². The van der Waals surface area contributed by atoms with Gasteiger partial charge >= 0.3 is 4.70 Å². The molecule has 0 aliphatic heterocycles. The summed E-state index contributed by atoms with van der Waals surface area (Å²) in [6.45, 7) is 8.61. The van der Waals surface area contributed by atoms with E-state index in [1.165, 1.54) is 53.6 Å². The van der Waals surface area contributed by atoms with Gasteiger partial charge in [0.05, 0.1) is 0 Å². The molecule has 0 aromatic heterocycles. The van der Waals surface area contributed by atoms with Gasteiger partial charge in [0.15, 0.2) is 0 Å². The van der Waals surface area contributed by atoms with Gasteiger partial charge in [0.2, 0.25) is 0 Å². The highest BCUT2D eigenvalue weighted by Crippen LogP contribution is 2.33. The molecular weight excluding hydrogens is 905 g/mol. The molecule has 0 saturated carbocycles. The van der Waals surface area contributed by atoms with Gasteiger partial charge < -0.3 is 15.3 Å². The summed E-state index contributed by atoms with van der Waals surface area (Å²) in [7, 11) is 0. The van der Waals surface area contributed by atoms with E-state index in [9.17, 15) is 34.5 Å². The van der Waals surface area contributed by atoms with E-state index in [4.69, 9.17) is 51.2 Å². The molecule has 0 heterocycles. The second-order valence-electron chi connectivity index (χ2n) is 13.7. The van der Waals surface area contributed by atoms with E-state index in [0.717, 1.165) is 11.1 Å². The lowest BCUT2D eigenvalue weighted by molar-refractivity contribution is 0.107. The van der Waals surface area contributed by atoms with Crippen LogP contribution in [-0.4, -0.2) is 41.0 Å². The molecule has 6 aromatic rings. The van der Waals surface area contributed by atoms with Crippen molar-refractivity contribution < 1.29 is 39.3 Å². The lowest BCUT2D eigenvalue weighted by Crippen LogP contribution is -2.18. The Labute approximate surface area is 384 Å². The Morgan fingerprint density at radius 3 is 0.836 bits per heavy atom. The van der Waals surface area contributed by atoms with Crippen molar-refractivity contribution in [2.24, 2.45) is 0 Å². The van der Waals surface area contributed by atoms with Crippen LogP contribution in [0.2, 0.25) is 0 Å². The number of phenolic OH excluding ortho intramolecular Hbond substituents is 3. The van der Waals surface area contributed by atoms with Crippen LogP contribution in [0.3, 0.4) is 0 Å². The van der Waals surface area contributed by atoms with Crippen molar-refractivity contribution in [1.29, 1.82) is 0 Å². The standard InChI is InChI=1S/C15H16O2.C15H16O.2C8H4Cl2O2.CCl2O/c1-15(2,11-3-7-13(16)8-4-11)12-5-9-14(17)10-6-12;1-15(2,12-6-4-3-5-7-12)13-8-10-14(16)11-9-13;9-7(11)5-1-2-6(4-3-5)8(10)12;9-7(11)5-2-1-3-6(4-5)8(10)12;2-1(3)4/h3-10,16-17H,1-2H3;3-11,16H,1-2H3;2*1-4H;. The molecule has 0 unspecified atom stereocenters. The topological polar surface area (TPSA) is 146 Å². The Morgan fingerprint density at radius 2 is 0.590 bits per heavy atom. The molecule has 6 rings (SSSR count). The highest BCUT2D eigenvalue weighted by molar-refractivity contribution is 6.93. The number of benzene rings is 6. The summed E-state index contributed by atoms with van der Waals surface area (Å²) in [6.07, 6.45) is 0. The van der Waals surface area contributed by atoms with E-state index in [2.05, 4.69) is 75.2 Å². The molecule has 0 saturated heterocycles. The first kappa shape index (κ1) is 51.9. The molecule has 0 radical (unpaired) electrons. The van der Waals surface area contributed by atoms with Crippen molar-refractivity contribution in [3.05, 3.63) is 196 Å². The maximum absolute atomic E-state index is 10.6. The second kappa shape index (κ2) is 24.9. The summed E-state index contributed by atoms with van der Waals surface area (Å²) in [5, 5.41) is 25.6. The molecule has 0 aliphatic carbocycles. The quantitative estimate of drug-likeness (QED) is 0.128. The Morgan fingerprint density at radius 1 is 0.344 bits per heavy atom. The van der Waals surface area contributed by atoms with Crippen LogP contribution in [0.15, 0.2) is 152 Å². The van der Waals surface area contributed by atoms with Crippen LogP contribution in [-0.2, 0) is 10.8 Å². The molecule has 318 valence electrons. The van der Waals surface area contributed by atoms with Gasteiger partial charge in [0, 0.05) is 33.1 Å². The zero-order chi connectivity index (χ0) is 45.9. The predicted molar refractivity (Wildman–Crippen MR) is 246 cm³/mol. The van der Waals surface area contributed by atoms with Crippen LogP contribution in [0.4, 0.5) is 4.79 Å². The largest absolute Gasteiger partial charge is 0.508 e. The number of hydrogen-bond acceptors (Lipinski definition) is 8. The summed E-state index contributed by atoms with van der Waals surface area (Å²) >= 11 is 29.5. The third-order valence-electron chi connectivity index (χ3n) is 8.92. The zero-order valence-corrected chi connectivity index (χ0v) is 37.6. The van der Waals surface area contributed by atoms with Crippen LogP contribution in [0, 0.1) is 0 Å². The van der Waals surface area contributed by atoms with E-state index >= 15 is 0 Å². The molecule has 0 spiro atoms. The maximum atomic E-state index is 10.6. The molecule has 0 bridgehead atoms. The van der Waals surface area contributed by atoms with Crippen molar-refractivity contribution in [2.45, 2.75) is 38.5 Å². The Balaban J connectivity index is 0.000000275. The molecule has 0 aliphatic rings. The van der Waals surface area contributed by atoms with Crippen molar-refractivity contribution in [1.82, 2.24) is 0 Å². The fraction of sp³-hybridized carbons (Fsp3) is 0.128. The van der Waals surface area contributed by atoms with Gasteiger partial charge in [-0.3, -0.25) is 24.0 Å². The fourth-order valence-corrected chi connectivity index (χ4v) is 5.81. The van der Waals surface area contributed by atoms with Crippen molar-refractivity contribution in [2.75, 3.05) is 0 Å². The fourth-order valence-electron chi connectivity index (χ4n) is 5.32. The average molecular weight is 946 g/mol. The van der Waals surface area contributed by atoms with E-state index in [-0.39, 0.29) is 33.5 Å². The van der Waals surface area contributed by atoms with Gasteiger partial charge in [-0.15, -0.1) is 0 Å². The Bertz CT molecular complexity index is 2250. The molecule has 0 atom stereocenters. The monoisotopic (exact) mass is 942 g/mol. The molecule has 0 fully saturated rings. The summed E-state index contributed by atoms with van der Waals surface area (Å²) < 4.78 is -0.889. The van der Waals surface area contributed by atoms with Crippen LogP contribution < -0.4 is 0 Å². The van der Waals surface area contributed by atoms with Gasteiger partial charge in [-0.25, -0.2) is 0 Å². The van der Waals surface area contributed by atoms with Crippen LogP contribution in [0.5, 0.6) is 17.2 Å². The van der Waals surface area contributed by atoms with E-state index in [1.54, 1.807) is 42.5 Å². The number of halogens is 6. The summed E-state index contributed by atoms with van der Waals surface area (Å²) in [4.78, 5) is 51.4. The highest BCUT2D eigenvalue weighted by atomic mass is 35.5. The summed E-state index contributed by atoms with van der Waals surface area (Å²) in [6, 6.07) is 44.0. The Kier molecular flexibility index (Phi) is 21.2. The lowest BCUT2D eigenvalue weighted by atomic mass is 9.78. The van der Waals surface area contributed by atoms with Gasteiger partial charge in [-0.05, 0) is 159 Å². The molecule has 3 N–H and O–H groups in total. The third-order valence-corrected chi connectivity index (χ3v) is 9.79. The molecule has 6 aromatic carbocycles. The summed E-state index contributed by atoms with van der Waals surface area (Å²) in [5.41, 5.74) is 5.78. The Hall–Kier alpha value is -5.19. The minimum atomic E-state index is -0.889. The molecule has 0 amide bonds. The van der Waals surface area contributed by atoms with Gasteiger partial charge in [-0.2, -0.15) is 0 Å². The third kappa shape index (κ3) is 17.7. The summed E-state index contributed by atoms with van der Waals surface area (Å²) in [5.74, 6) is 0.859. The number of aromatic hydroxyl groups is 3. The first-order valence-electron chi connectivity index (χ1n) is 17.8. The SMILES string of the molecule is CC(C)(c1ccc(O)cc1)c1ccc(O)cc1.CC(C)(c1ccccc1)c1ccc(O)cc1.O=C(Cl)Cl.O=C(Cl)c1ccc(C(=O)Cl)cc1.O=C(Cl)c1cccc(C(=O)Cl)c1. The lowest BCUT2D eigenvalue weighted by Gasteiger charge is -2.26. The molecular formula is C47H40Cl6O8. The number of carbonyl (C=O) groups excluding carboxylic acids is 5. The van der Waals surface area contributed by atoms with Crippen molar-refractivity contribution >= 4 is 95.3 Å². The van der Waals surface area contributed by atoms with E-state index in [1.807, 2.05) is 42.5 Å². The predicted octanol–water partition coefficient (Wildman–Crippen LogP) is 13.6. The van der Waals surface area contributed by atoms with Crippen LogP contribution in [0.25, 0.3) is 0 Å². The minimum absolute atomic E-state index is 0.0328. The highest BCUT2D eigenvalue weighted by Gasteiger charge is 2.23. The molecule has 61 heavy (non-hydrogen) atoms. The molecule has 14 heteroatoms. The van der Waals surface area contributed by atoms with Crippen molar-refractivity contribution in [3.63, 3.8) is 0 Å². The van der Waals surface area contributed by atoms with Gasteiger partial charge in [0.1, 0.15) is 17.2 Å². The van der Waals surface area contributed by atoms with Gasteiger partial charge in [0.25, 0.3) is 21.0 Å². The normalized spacial score (nSPS) is 10.3. The van der Waals surface area contributed by atoms with Crippen LogP contribution >= 0.6 is 69.6 Å². The minimum Gasteiger partial charge on any atom is -0.508 e. The van der Waals surface area contributed by atoms with E-state index < -0.39 is 25.7 Å². The van der Waals surface area contributed by atoms with Crippen LogP contribution in [0.1, 0.15) is 91.4 Å². The zero-order valence-electron chi connectivity index (χ0n) is 33.1. The number of rotatable bonds is 8. The smallest absolute Gasteiger partial charge is 0.313 e. The number of hydrogen-bond donors (Lipinski definition) is 3.